The second-order valence-corrected chi connectivity index (χ2v) is 4.12. The van der Waals surface area contributed by atoms with Crippen molar-refractivity contribution in [3.63, 3.8) is 0 Å². The molecule has 0 saturated carbocycles. The molecule has 2 rings (SSSR count). The molecule has 2 aromatic rings. The molecule has 1 N–H and O–H groups in total. The number of carbonyl (C=O) groups is 1. The number of unbranched alkanes of at least 4 members (excludes halogenated alkanes) is 1. The van der Waals surface area contributed by atoms with Crippen molar-refractivity contribution in [3.8, 4) is 11.6 Å². The highest BCUT2D eigenvalue weighted by molar-refractivity contribution is 5.90. The fourth-order valence-electron chi connectivity index (χ4n) is 1.69. The monoisotopic (exact) mass is 260 g/mol. The zero-order valence-electron chi connectivity index (χ0n) is 10.7. The summed E-state index contributed by atoms with van der Waals surface area (Å²) in [7, 11) is 0. The fraction of sp³-hybridized carbons (Fsp3) is 0.286. The van der Waals surface area contributed by atoms with Gasteiger partial charge in [-0.05, 0) is 18.6 Å². The fourth-order valence-corrected chi connectivity index (χ4v) is 1.69. The van der Waals surface area contributed by atoms with Crippen molar-refractivity contribution in [2.24, 2.45) is 0 Å². The van der Waals surface area contributed by atoms with Crippen molar-refractivity contribution in [2.45, 2.75) is 19.8 Å². The van der Waals surface area contributed by atoms with Crippen LogP contribution in [0.25, 0.3) is 5.69 Å². The molecule has 19 heavy (non-hydrogen) atoms. The van der Waals surface area contributed by atoms with E-state index in [4.69, 9.17) is 9.84 Å². The molecule has 5 nitrogen and oxygen atoms in total. The largest absolute Gasteiger partial charge is 0.477 e. The number of benzene rings is 1. The van der Waals surface area contributed by atoms with Gasteiger partial charge < -0.3 is 9.84 Å². The number of carboxylic acids is 1. The van der Waals surface area contributed by atoms with Gasteiger partial charge in [-0.2, -0.15) is 5.10 Å². The molecule has 0 aliphatic rings. The molecular weight excluding hydrogens is 244 g/mol. The molecule has 0 unspecified atom stereocenters. The lowest BCUT2D eigenvalue weighted by atomic mass is 10.3. The number of ether oxygens (including phenoxy) is 1. The van der Waals surface area contributed by atoms with E-state index in [0.717, 1.165) is 18.5 Å². The van der Waals surface area contributed by atoms with Crippen molar-refractivity contribution < 1.29 is 14.6 Å². The Bertz CT molecular complexity index is 549. The number of para-hydroxylation sites is 1. The number of rotatable bonds is 6. The van der Waals surface area contributed by atoms with E-state index >= 15 is 0 Å². The zero-order chi connectivity index (χ0) is 13.7. The summed E-state index contributed by atoms with van der Waals surface area (Å²) in [5.41, 5.74) is 0.862. The van der Waals surface area contributed by atoms with Crippen molar-refractivity contribution in [2.75, 3.05) is 6.61 Å². The molecule has 1 aromatic heterocycles. The van der Waals surface area contributed by atoms with Crippen molar-refractivity contribution in [3.05, 3.63) is 42.1 Å². The number of aromatic carboxylic acids is 1. The Balaban J connectivity index is 2.35. The van der Waals surface area contributed by atoms with Crippen LogP contribution in [0.2, 0.25) is 0 Å². The van der Waals surface area contributed by atoms with E-state index in [1.54, 1.807) is 0 Å². The standard InChI is InChI=1S/C14H16N2O3/c1-2-3-9-19-13-12(14(17)18)10-15-16(13)11-7-5-4-6-8-11/h4-8,10H,2-3,9H2,1H3,(H,17,18). The average Bonchev–Trinajstić information content (AvgIpc) is 2.84. The smallest absolute Gasteiger partial charge is 0.342 e. The van der Waals surface area contributed by atoms with E-state index in [1.165, 1.54) is 10.9 Å². The highest BCUT2D eigenvalue weighted by atomic mass is 16.5. The van der Waals surface area contributed by atoms with Gasteiger partial charge in [0.25, 0.3) is 0 Å². The summed E-state index contributed by atoms with van der Waals surface area (Å²) >= 11 is 0. The highest BCUT2D eigenvalue weighted by Crippen LogP contribution is 2.22. The van der Waals surface area contributed by atoms with Crippen LogP contribution in [-0.2, 0) is 0 Å². The van der Waals surface area contributed by atoms with E-state index in [0.29, 0.717) is 6.61 Å². The number of carboxylic acid groups (broad SMARTS) is 1. The van der Waals surface area contributed by atoms with Gasteiger partial charge in [0.1, 0.15) is 5.56 Å². The van der Waals surface area contributed by atoms with Crippen LogP contribution in [0.4, 0.5) is 0 Å². The van der Waals surface area contributed by atoms with E-state index in [2.05, 4.69) is 12.0 Å². The molecule has 1 aromatic carbocycles. The van der Waals surface area contributed by atoms with Gasteiger partial charge in [0.05, 0.1) is 18.5 Å². The maximum absolute atomic E-state index is 11.2. The zero-order valence-corrected chi connectivity index (χ0v) is 10.7. The molecular formula is C14H16N2O3. The molecule has 1 heterocycles. The number of hydrogen-bond donors (Lipinski definition) is 1. The summed E-state index contributed by atoms with van der Waals surface area (Å²) in [5.74, 6) is -0.749. The topological polar surface area (TPSA) is 64.3 Å². The van der Waals surface area contributed by atoms with Crippen LogP contribution in [0.3, 0.4) is 0 Å². The minimum Gasteiger partial charge on any atom is -0.477 e. The van der Waals surface area contributed by atoms with Crippen LogP contribution in [0.1, 0.15) is 30.1 Å². The Morgan fingerprint density at radius 3 is 2.74 bits per heavy atom. The first kappa shape index (κ1) is 13.1. The van der Waals surface area contributed by atoms with E-state index in [-0.39, 0.29) is 11.4 Å². The van der Waals surface area contributed by atoms with Crippen molar-refractivity contribution in [1.82, 2.24) is 9.78 Å². The Morgan fingerprint density at radius 2 is 2.11 bits per heavy atom. The highest BCUT2D eigenvalue weighted by Gasteiger charge is 2.19. The molecule has 5 heteroatoms. The Morgan fingerprint density at radius 1 is 1.37 bits per heavy atom. The van der Waals surface area contributed by atoms with E-state index in [1.807, 2.05) is 30.3 Å². The van der Waals surface area contributed by atoms with Crippen LogP contribution in [-0.4, -0.2) is 27.5 Å². The third kappa shape index (κ3) is 2.93. The molecule has 0 aliphatic carbocycles. The third-order valence-electron chi connectivity index (χ3n) is 2.69. The normalized spacial score (nSPS) is 10.4. The van der Waals surface area contributed by atoms with Gasteiger partial charge in [-0.3, -0.25) is 0 Å². The summed E-state index contributed by atoms with van der Waals surface area (Å²) in [6.45, 7) is 2.53. The van der Waals surface area contributed by atoms with Gasteiger partial charge in [0, 0.05) is 0 Å². The van der Waals surface area contributed by atoms with Gasteiger partial charge in [0.2, 0.25) is 5.88 Å². The summed E-state index contributed by atoms with van der Waals surface area (Å²) in [6.07, 6.45) is 3.18. The van der Waals surface area contributed by atoms with Gasteiger partial charge in [0.15, 0.2) is 0 Å². The SMILES string of the molecule is CCCCOc1c(C(=O)O)cnn1-c1ccccc1. The molecule has 0 saturated heterocycles. The lowest BCUT2D eigenvalue weighted by Gasteiger charge is -2.09. The molecule has 0 atom stereocenters. The number of aromatic nitrogens is 2. The quantitative estimate of drug-likeness (QED) is 0.811. The molecule has 0 amide bonds. The minimum absolute atomic E-state index is 0.0833. The van der Waals surface area contributed by atoms with Gasteiger partial charge in [-0.25, -0.2) is 9.48 Å². The summed E-state index contributed by atoms with van der Waals surface area (Å²) < 4.78 is 7.10. The lowest BCUT2D eigenvalue weighted by molar-refractivity contribution is 0.0692. The third-order valence-corrected chi connectivity index (χ3v) is 2.69. The summed E-state index contributed by atoms with van der Waals surface area (Å²) in [5, 5.41) is 13.2. The second-order valence-electron chi connectivity index (χ2n) is 4.12. The first-order valence-corrected chi connectivity index (χ1v) is 6.23. The molecule has 0 fully saturated rings. The Kier molecular flexibility index (Phi) is 4.18. The van der Waals surface area contributed by atoms with Crippen LogP contribution in [0, 0.1) is 0 Å². The number of nitrogens with zero attached hydrogens (tertiary/aromatic N) is 2. The maximum atomic E-state index is 11.2. The van der Waals surface area contributed by atoms with E-state index in [9.17, 15) is 4.79 Å². The first-order valence-electron chi connectivity index (χ1n) is 6.23. The maximum Gasteiger partial charge on any atom is 0.342 e. The predicted molar refractivity (Wildman–Crippen MR) is 70.9 cm³/mol. The average molecular weight is 260 g/mol. The number of hydrogen-bond acceptors (Lipinski definition) is 3. The molecule has 0 radical (unpaired) electrons. The summed E-state index contributed by atoms with van der Waals surface area (Å²) in [6, 6.07) is 9.33. The van der Waals surface area contributed by atoms with E-state index < -0.39 is 5.97 Å². The molecule has 0 bridgehead atoms. The molecule has 0 spiro atoms. The first-order chi connectivity index (χ1) is 9.24. The Hall–Kier alpha value is -2.30. The van der Waals surface area contributed by atoms with Crippen molar-refractivity contribution in [1.29, 1.82) is 0 Å². The van der Waals surface area contributed by atoms with Gasteiger partial charge >= 0.3 is 5.97 Å². The minimum atomic E-state index is -1.03. The molecule has 0 aliphatic heterocycles. The van der Waals surface area contributed by atoms with Gasteiger partial charge in [-0.1, -0.05) is 31.5 Å². The predicted octanol–water partition coefficient (Wildman–Crippen LogP) is 2.75. The van der Waals surface area contributed by atoms with Crippen molar-refractivity contribution >= 4 is 5.97 Å². The lowest BCUT2D eigenvalue weighted by Crippen LogP contribution is -2.07. The van der Waals surface area contributed by atoms with Crippen LogP contribution >= 0.6 is 0 Å². The van der Waals surface area contributed by atoms with Crippen LogP contribution in [0.15, 0.2) is 36.5 Å². The van der Waals surface area contributed by atoms with Gasteiger partial charge in [-0.15, -0.1) is 0 Å². The second kappa shape index (κ2) is 6.04. The Labute approximate surface area is 111 Å². The molecule has 100 valence electrons. The van der Waals surface area contributed by atoms with Crippen LogP contribution < -0.4 is 4.74 Å². The summed E-state index contributed by atoms with van der Waals surface area (Å²) in [4.78, 5) is 11.2. The van der Waals surface area contributed by atoms with Crippen LogP contribution in [0.5, 0.6) is 5.88 Å².